The maximum atomic E-state index is 12.9. The average molecular weight is 422 g/mol. The molecule has 2 amide bonds. The topological polar surface area (TPSA) is 88.5 Å². The predicted octanol–water partition coefficient (Wildman–Crippen LogP) is 2.82. The van der Waals surface area contributed by atoms with Crippen molar-refractivity contribution >= 4 is 22.5 Å². The van der Waals surface area contributed by atoms with Gasteiger partial charge in [-0.1, -0.05) is 18.2 Å². The van der Waals surface area contributed by atoms with Crippen LogP contribution in [-0.2, 0) is 13.1 Å². The largest absolute Gasteiger partial charge is 0.497 e. The van der Waals surface area contributed by atoms with Crippen LogP contribution in [0.1, 0.15) is 18.5 Å². The van der Waals surface area contributed by atoms with Crippen LogP contribution in [0.15, 0.2) is 53.3 Å². The van der Waals surface area contributed by atoms with Gasteiger partial charge in [-0.05, 0) is 56.3 Å². The number of nitrogens with one attached hydrogen (secondary N) is 2. The molecule has 0 aliphatic carbocycles. The summed E-state index contributed by atoms with van der Waals surface area (Å²) >= 11 is 0. The minimum Gasteiger partial charge on any atom is -0.497 e. The van der Waals surface area contributed by atoms with E-state index in [-0.39, 0.29) is 18.1 Å². The number of urea groups is 1. The van der Waals surface area contributed by atoms with Gasteiger partial charge in [0.1, 0.15) is 5.75 Å². The van der Waals surface area contributed by atoms with E-state index in [1.54, 1.807) is 31.4 Å². The number of hydrogen-bond donors (Lipinski definition) is 2. The third-order valence-corrected chi connectivity index (χ3v) is 5.54. The lowest BCUT2D eigenvalue weighted by Crippen LogP contribution is -2.33. The SMILES string of the molecule is COc1ccc(NC(=O)NCc2nn(CCN3CCCC3)c(=O)c3ccccc23)cc1. The lowest BCUT2D eigenvalue weighted by atomic mass is 10.1. The first-order valence-corrected chi connectivity index (χ1v) is 10.5. The van der Waals surface area contributed by atoms with Gasteiger partial charge in [0.2, 0.25) is 0 Å². The van der Waals surface area contributed by atoms with Crippen molar-refractivity contribution in [2.75, 3.05) is 32.1 Å². The Labute approximate surface area is 180 Å². The van der Waals surface area contributed by atoms with E-state index < -0.39 is 0 Å². The molecule has 3 aromatic rings. The molecule has 8 heteroatoms. The highest BCUT2D eigenvalue weighted by Crippen LogP contribution is 2.16. The number of fused-ring (bicyclic) bond motifs is 1. The Bertz CT molecular complexity index is 1100. The summed E-state index contributed by atoms with van der Waals surface area (Å²) in [6.45, 7) is 3.70. The first kappa shape index (κ1) is 20.9. The van der Waals surface area contributed by atoms with E-state index in [4.69, 9.17) is 4.74 Å². The van der Waals surface area contributed by atoms with E-state index in [2.05, 4.69) is 20.6 Å². The Morgan fingerprint density at radius 1 is 1.03 bits per heavy atom. The fraction of sp³-hybridized carbons (Fsp3) is 0.348. The predicted molar refractivity (Wildman–Crippen MR) is 121 cm³/mol. The number of benzene rings is 2. The normalized spacial score (nSPS) is 14.0. The zero-order valence-electron chi connectivity index (χ0n) is 17.6. The molecule has 0 bridgehead atoms. The number of aromatic nitrogens is 2. The van der Waals surface area contributed by atoms with Gasteiger partial charge in [-0.15, -0.1) is 0 Å². The van der Waals surface area contributed by atoms with Gasteiger partial charge >= 0.3 is 6.03 Å². The third-order valence-electron chi connectivity index (χ3n) is 5.54. The van der Waals surface area contributed by atoms with Crippen molar-refractivity contribution in [2.45, 2.75) is 25.9 Å². The Balaban J connectivity index is 1.48. The molecule has 2 aromatic carbocycles. The molecule has 2 heterocycles. The van der Waals surface area contributed by atoms with E-state index in [1.807, 2.05) is 24.3 Å². The highest BCUT2D eigenvalue weighted by Gasteiger charge is 2.14. The van der Waals surface area contributed by atoms with Crippen LogP contribution in [0.25, 0.3) is 10.8 Å². The van der Waals surface area contributed by atoms with E-state index >= 15 is 0 Å². The second kappa shape index (κ2) is 9.61. The van der Waals surface area contributed by atoms with Crippen LogP contribution in [0.5, 0.6) is 5.75 Å². The van der Waals surface area contributed by atoms with Gasteiger partial charge in [0.25, 0.3) is 5.56 Å². The lowest BCUT2D eigenvalue weighted by Gasteiger charge is -2.16. The Morgan fingerprint density at radius 2 is 1.74 bits per heavy atom. The Hall–Kier alpha value is -3.39. The summed E-state index contributed by atoms with van der Waals surface area (Å²) in [6, 6.07) is 14.2. The van der Waals surface area contributed by atoms with E-state index in [0.717, 1.165) is 30.8 Å². The second-order valence-electron chi connectivity index (χ2n) is 7.61. The first-order chi connectivity index (χ1) is 15.1. The molecular weight excluding hydrogens is 394 g/mol. The van der Waals surface area contributed by atoms with Crippen molar-refractivity contribution in [3.05, 3.63) is 64.6 Å². The number of methoxy groups -OCH3 is 1. The van der Waals surface area contributed by atoms with Gasteiger partial charge < -0.3 is 20.3 Å². The molecule has 31 heavy (non-hydrogen) atoms. The maximum absolute atomic E-state index is 12.9. The number of ether oxygens (including phenoxy) is 1. The van der Waals surface area contributed by atoms with Crippen LogP contribution in [0.4, 0.5) is 10.5 Å². The van der Waals surface area contributed by atoms with Crippen LogP contribution in [0.2, 0.25) is 0 Å². The van der Waals surface area contributed by atoms with Crippen LogP contribution >= 0.6 is 0 Å². The van der Waals surface area contributed by atoms with Crippen molar-refractivity contribution in [3.63, 3.8) is 0 Å². The van der Waals surface area contributed by atoms with Crippen LogP contribution in [0, 0.1) is 0 Å². The smallest absolute Gasteiger partial charge is 0.319 e. The van der Waals surface area contributed by atoms with Gasteiger partial charge in [-0.25, -0.2) is 9.48 Å². The van der Waals surface area contributed by atoms with Gasteiger partial charge in [-0.2, -0.15) is 5.10 Å². The molecule has 1 aromatic heterocycles. The van der Waals surface area contributed by atoms with E-state index in [1.165, 1.54) is 17.5 Å². The second-order valence-corrected chi connectivity index (χ2v) is 7.61. The van der Waals surface area contributed by atoms with Gasteiger partial charge in [0.05, 0.1) is 31.3 Å². The molecule has 0 saturated carbocycles. The number of rotatable bonds is 7. The fourth-order valence-corrected chi connectivity index (χ4v) is 3.84. The fourth-order valence-electron chi connectivity index (χ4n) is 3.84. The molecule has 162 valence electrons. The average Bonchev–Trinajstić information content (AvgIpc) is 3.32. The summed E-state index contributed by atoms with van der Waals surface area (Å²) in [5.41, 5.74) is 1.23. The summed E-state index contributed by atoms with van der Waals surface area (Å²) in [6.07, 6.45) is 2.41. The van der Waals surface area contributed by atoms with Crippen LogP contribution < -0.4 is 20.9 Å². The summed E-state index contributed by atoms with van der Waals surface area (Å²) in [5, 5.41) is 11.6. The number of anilines is 1. The zero-order chi connectivity index (χ0) is 21.6. The van der Waals surface area contributed by atoms with Gasteiger partial charge in [-0.3, -0.25) is 4.79 Å². The number of carbonyl (C=O) groups is 1. The van der Waals surface area contributed by atoms with Crippen molar-refractivity contribution in [2.24, 2.45) is 0 Å². The zero-order valence-corrected chi connectivity index (χ0v) is 17.6. The van der Waals surface area contributed by atoms with Crippen LogP contribution in [0.3, 0.4) is 0 Å². The molecular formula is C23H27N5O3. The van der Waals surface area contributed by atoms with E-state index in [0.29, 0.717) is 23.3 Å². The number of nitrogens with zero attached hydrogens (tertiary/aromatic N) is 3. The van der Waals surface area contributed by atoms with Crippen molar-refractivity contribution in [1.82, 2.24) is 20.0 Å². The van der Waals surface area contributed by atoms with Crippen molar-refractivity contribution in [1.29, 1.82) is 0 Å². The number of carbonyl (C=O) groups excluding carboxylic acids is 1. The third kappa shape index (κ3) is 5.03. The molecule has 0 unspecified atom stereocenters. The highest BCUT2D eigenvalue weighted by molar-refractivity contribution is 5.90. The molecule has 4 rings (SSSR count). The van der Waals surface area contributed by atoms with Crippen molar-refractivity contribution < 1.29 is 9.53 Å². The Morgan fingerprint density at radius 3 is 2.45 bits per heavy atom. The maximum Gasteiger partial charge on any atom is 0.319 e. The van der Waals surface area contributed by atoms with Gasteiger partial charge in [0.15, 0.2) is 0 Å². The first-order valence-electron chi connectivity index (χ1n) is 10.5. The molecule has 0 atom stereocenters. The summed E-state index contributed by atoms with van der Waals surface area (Å²) in [5.74, 6) is 0.720. The standard InChI is InChI=1S/C23H27N5O3/c1-31-18-10-8-17(9-11-18)25-23(30)24-16-21-19-6-2-3-7-20(19)22(29)28(26-21)15-14-27-12-4-5-13-27/h2-3,6-11H,4-5,12-16H2,1H3,(H2,24,25,30). The van der Waals surface area contributed by atoms with Gasteiger partial charge in [0, 0.05) is 17.6 Å². The molecule has 1 aliphatic heterocycles. The molecule has 8 nitrogen and oxygen atoms in total. The Kier molecular flexibility index (Phi) is 6.47. The molecule has 1 fully saturated rings. The number of hydrogen-bond acceptors (Lipinski definition) is 5. The summed E-state index contributed by atoms with van der Waals surface area (Å²) in [4.78, 5) is 27.6. The van der Waals surface area contributed by atoms with Crippen molar-refractivity contribution in [3.8, 4) is 5.75 Å². The number of amides is 2. The molecule has 1 aliphatic rings. The summed E-state index contributed by atoms with van der Waals surface area (Å²) in [7, 11) is 1.59. The monoisotopic (exact) mass is 421 g/mol. The van der Waals surface area contributed by atoms with E-state index in [9.17, 15) is 9.59 Å². The molecule has 2 N–H and O–H groups in total. The highest BCUT2D eigenvalue weighted by atomic mass is 16.5. The molecule has 1 saturated heterocycles. The quantitative estimate of drug-likeness (QED) is 0.612. The molecule has 0 radical (unpaired) electrons. The molecule has 0 spiro atoms. The number of likely N-dealkylation sites (tertiary alicyclic amines) is 1. The lowest BCUT2D eigenvalue weighted by molar-refractivity contribution is 0.251. The summed E-state index contributed by atoms with van der Waals surface area (Å²) < 4.78 is 6.65. The minimum absolute atomic E-state index is 0.0961. The van der Waals surface area contributed by atoms with Crippen LogP contribution in [-0.4, -0.2) is 47.5 Å². The minimum atomic E-state index is -0.342.